The first-order valence-corrected chi connectivity index (χ1v) is 14.3. The summed E-state index contributed by atoms with van der Waals surface area (Å²) in [7, 11) is 0. The number of thioether (sulfide) groups is 1. The molecule has 0 unspecified atom stereocenters. The third kappa shape index (κ3) is 11.6. The summed E-state index contributed by atoms with van der Waals surface area (Å²) in [4.78, 5) is 14.0. The lowest BCUT2D eigenvalue weighted by Crippen LogP contribution is -2.10. The maximum absolute atomic E-state index is 4.68. The Labute approximate surface area is 216 Å². The first kappa shape index (κ1) is 27.0. The Morgan fingerprint density at radius 3 is 1.51 bits per heavy atom. The van der Waals surface area contributed by atoms with Crippen LogP contribution in [0.15, 0.2) is 65.8 Å². The number of aromatic nitrogens is 3. The Bertz CT molecular complexity index is 875. The average Bonchev–Trinajstić information content (AvgIpc) is 2.90. The van der Waals surface area contributed by atoms with E-state index in [1.54, 1.807) is 11.8 Å². The minimum absolute atomic E-state index is 0.616. The zero-order valence-corrected chi connectivity index (χ0v) is 22.0. The topological polar surface area (TPSA) is 62.7 Å². The lowest BCUT2D eigenvalue weighted by atomic mass is 10.1. The van der Waals surface area contributed by atoms with E-state index in [4.69, 9.17) is 0 Å². The van der Waals surface area contributed by atoms with Crippen molar-refractivity contribution < 1.29 is 0 Å². The van der Waals surface area contributed by atoms with Gasteiger partial charge in [-0.1, -0.05) is 137 Å². The highest BCUT2D eigenvalue weighted by atomic mass is 32.2. The standard InChI is InChI=1S/C29H41N5S/c1-2-3-4-5-6-7-8-9-10-17-22-35-29-33-27(30-23-25-18-13-11-14-19-25)32-28(34-29)31-24-26-20-15-12-16-21-26/h11-16,18-21H,2-10,17,22-24H2,1H3,(H2,30,31,32,33,34). The van der Waals surface area contributed by atoms with Gasteiger partial charge in [0, 0.05) is 18.8 Å². The van der Waals surface area contributed by atoms with Gasteiger partial charge in [-0.2, -0.15) is 15.0 Å². The minimum atomic E-state index is 0.616. The van der Waals surface area contributed by atoms with Crippen LogP contribution in [0, 0.1) is 0 Å². The second kappa shape index (κ2) is 16.9. The highest BCUT2D eigenvalue weighted by Crippen LogP contribution is 2.20. The summed E-state index contributed by atoms with van der Waals surface area (Å²) in [6.45, 7) is 3.65. The smallest absolute Gasteiger partial charge is 0.228 e. The Morgan fingerprint density at radius 1 is 0.571 bits per heavy atom. The van der Waals surface area contributed by atoms with Crippen LogP contribution in [0.25, 0.3) is 0 Å². The predicted molar refractivity (Wildman–Crippen MR) is 150 cm³/mol. The molecular weight excluding hydrogens is 450 g/mol. The highest BCUT2D eigenvalue weighted by Gasteiger charge is 2.08. The Kier molecular flexibility index (Phi) is 13.1. The second-order valence-electron chi connectivity index (χ2n) is 8.97. The van der Waals surface area contributed by atoms with Crippen LogP contribution >= 0.6 is 11.8 Å². The van der Waals surface area contributed by atoms with Crippen LogP contribution in [-0.2, 0) is 13.1 Å². The van der Waals surface area contributed by atoms with Gasteiger partial charge in [0.1, 0.15) is 0 Å². The van der Waals surface area contributed by atoms with E-state index in [9.17, 15) is 0 Å². The number of nitrogens with one attached hydrogen (secondary N) is 2. The summed E-state index contributed by atoms with van der Waals surface area (Å²) < 4.78 is 0. The van der Waals surface area contributed by atoms with E-state index in [2.05, 4.69) is 56.8 Å². The molecule has 5 nitrogen and oxygen atoms in total. The van der Waals surface area contributed by atoms with Crippen LogP contribution in [0.1, 0.15) is 82.3 Å². The van der Waals surface area contributed by atoms with Crippen LogP contribution in [-0.4, -0.2) is 20.7 Å². The number of benzene rings is 2. The molecule has 0 fully saturated rings. The zero-order valence-electron chi connectivity index (χ0n) is 21.2. The molecule has 0 spiro atoms. The largest absolute Gasteiger partial charge is 0.350 e. The van der Waals surface area contributed by atoms with Crippen LogP contribution in [0.5, 0.6) is 0 Å². The maximum Gasteiger partial charge on any atom is 0.228 e. The molecule has 0 aliphatic carbocycles. The lowest BCUT2D eigenvalue weighted by molar-refractivity contribution is 0.563. The van der Waals surface area contributed by atoms with Crippen molar-refractivity contribution in [2.45, 2.75) is 89.4 Å². The Morgan fingerprint density at radius 2 is 1.03 bits per heavy atom. The van der Waals surface area contributed by atoms with Crippen molar-refractivity contribution in [3.05, 3.63) is 71.8 Å². The van der Waals surface area contributed by atoms with Crippen molar-refractivity contribution >= 4 is 23.7 Å². The van der Waals surface area contributed by atoms with E-state index >= 15 is 0 Å². The third-order valence-corrected chi connectivity index (χ3v) is 6.86. The molecule has 0 saturated carbocycles. The molecule has 2 N–H and O–H groups in total. The van der Waals surface area contributed by atoms with E-state index < -0.39 is 0 Å². The monoisotopic (exact) mass is 491 g/mol. The van der Waals surface area contributed by atoms with Crippen LogP contribution in [0.3, 0.4) is 0 Å². The van der Waals surface area contributed by atoms with Crippen molar-refractivity contribution in [2.24, 2.45) is 0 Å². The predicted octanol–water partition coefficient (Wildman–Crippen LogP) is 8.11. The van der Waals surface area contributed by atoms with Gasteiger partial charge in [0.2, 0.25) is 11.9 Å². The van der Waals surface area contributed by atoms with Gasteiger partial charge >= 0.3 is 0 Å². The number of hydrogen-bond acceptors (Lipinski definition) is 6. The van der Waals surface area contributed by atoms with Gasteiger partial charge in [0.15, 0.2) is 5.16 Å². The zero-order chi connectivity index (χ0) is 24.4. The molecule has 0 aliphatic rings. The van der Waals surface area contributed by atoms with E-state index in [1.165, 1.54) is 75.3 Å². The summed E-state index contributed by atoms with van der Waals surface area (Å²) in [5.74, 6) is 2.27. The fraction of sp³-hybridized carbons (Fsp3) is 0.483. The Balaban J connectivity index is 1.45. The van der Waals surface area contributed by atoms with Crippen LogP contribution < -0.4 is 10.6 Å². The molecule has 3 rings (SSSR count). The minimum Gasteiger partial charge on any atom is -0.350 e. The Hall–Kier alpha value is -2.60. The van der Waals surface area contributed by atoms with Crippen molar-refractivity contribution in [1.29, 1.82) is 0 Å². The van der Waals surface area contributed by atoms with Gasteiger partial charge in [-0.15, -0.1) is 0 Å². The fourth-order valence-corrected chi connectivity index (χ4v) is 4.72. The molecule has 35 heavy (non-hydrogen) atoms. The third-order valence-electron chi connectivity index (χ3n) is 5.93. The molecule has 1 heterocycles. The molecule has 0 radical (unpaired) electrons. The second-order valence-corrected chi connectivity index (χ2v) is 10.0. The molecule has 0 amide bonds. The lowest BCUT2D eigenvalue weighted by Gasteiger charge is -2.10. The normalized spacial score (nSPS) is 10.9. The molecular formula is C29H41N5S. The summed E-state index contributed by atoms with van der Waals surface area (Å²) in [5.41, 5.74) is 2.40. The van der Waals surface area contributed by atoms with Crippen LogP contribution in [0.4, 0.5) is 11.9 Å². The summed E-state index contributed by atoms with van der Waals surface area (Å²) >= 11 is 1.73. The fourth-order valence-electron chi connectivity index (χ4n) is 3.89. The average molecular weight is 492 g/mol. The van der Waals surface area contributed by atoms with Gasteiger partial charge in [-0.3, -0.25) is 0 Å². The number of hydrogen-bond donors (Lipinski definition) is 2. The number of nitrogens with zero attached hydrogens (tertiary/aromatic N) is 3. The van der Waals surface area contributed by atoms with Gasteiger partial charge in [-0.25, -0.2) is 0 Å². The highest BCUT2D eigenvalue weighted by molar-refractivity contribution is 7.99. The summed E-state index contributed by atoms with van der Waals surface area (Å²) in [5, 5.41) is 7.51. The summed E-state index contributed by atoms with van der Waals surface area (Å²) in [6.07, 6.45) is 13.5. The van der Waals surface area contributed by atoms with Crippen molar-refractivity contribution in [2.75, 3.05) is 16.4 Å². The molecule has 0 bridgehead atoms. The van der Waals surface area contributed by atoms with E-state index in [0.717, 1.165) is 10.9 Å². The first-order chi connectivity index (χ1) is 17.3. The molecule has 0 saturated heterocycles. The van der Waals surface area contributed by atoms with Gasteiger partial charge in [0.05, 0.1) is 0 Å². The maximum atomic E-state index is 4.68. The quantitative estimate of drug-likeness (QED) is 0.138. The number of rotatable bonds is 18. The molecule has 6 heteroatoms. The van der Waals surface area contributed by atoms with Gasteiger partial charge < -0.3 is 10.6 Å². The molecule has 0 aliphatic heterocycles. The van der Waals surface area contributed by atoms with Crippen LogP contribution in [0.2, 0.25) is 0 Å². The van der Waals surface area contributed by atoms with Crippen molar-refractivity contribution in [1.82, 2.24) is 15.0 Å². The SMILES string of the molecule is CCCCCCCCCCCCSc1nc(NCc2ccccc2)nc(NCc2ccccc2)n1. The number of unbranched alkanes of at least 4 members (excludes halogenated alkanes) is 9. The summed E-state index contributed by atoms with van der Waals surface area (Å²) in [6, 6.07) is 20.6. The molecule has 2 aromatic carbocycles. The van der Waals surface area contributed by atoms with Gasteiger partial charge in [-0.05, 0) is 17.5 Å². The number of anilines is 2. The molecule has 3 aromatic rings. The van der Waals surface area contributed by atoms with Gasteiger partial charge in [0.25, 0.3) is 0 Å². The van der Waals surface area contributed by atoms with E-state index in [1.807, 2.05) is 36.4 Å². The van der Waals surface area contributed by atoms with E-state index in [0.29, 0.717) is 25.0 Å². The van der Waals surface area contributed by atoms with Crippen molar-refractivity contribution in [3.8, 4) is 0 Å². The van der Waals surface area contributed by atoms with Crippen molar-refractivity contribution in [3.63, 3.8) is 0 Å². The molecule has 1 aromatic heterocycles. The van der Waals surface area contributed by atoms with E-state index in [-0.39, 0.29) is 0 Å². The molecule has 0 atom stereocenters. The molecule has 188 valence electrons. The first-order valence-electron chi connectivity index (χ1n) is 13.3.